The Morgan fingerprint density at radius 1 is 1.42 bits per heavy atom. The molecule has 0 unspecified atom stereocenters. The largest absolute Gasteiger partial charge is 0.496 e. The van der Waals surface area contributed by atoms with Gasteiger partial charge in [-0.1, -0.05) is 19.1 Å². The van der Waals surface area contributed by atoms with Crippen molar-refractivity contribution < 1.29 is 4.74 Å². The molecule has 0 saturated carbocycles. The summed E-state index contributed by atoms with van der Waals surface area (Å²) in [5.41, 5.74) is 2.48. The van der Waals surface area contributed by atoms with E-state index in [1.807, 2.05) is 0 Å². The van der Waals surface area contributed by atoms with Crippen molar-refractivity contribution in [3.05, 3.63) is 36.2 Å². The number of methoxy groups -OCH3 is 1. The van der Waals surface area contributed by atoms with Crippen LogP contribution in [0.5, 0.6) is 5.75 Å². The molecule has 1 aromatic carbocycles. The molecule has 1 radical (unpaired) electrons. The number of hydrogen-bond donors (Lipinski definition) is 0. The van der Waals surface area contributed by atoms with E-state index < -0.39 is 0 Å². The Hall–Kier alpha value is -0.980. The van der Waals surface area contributed by atoms with E-state index in [0.29, 0.717) is 0 Å². The van der Waals surface area contributed by atoms with Crippen LogP contribution in [-0.4, -0.2) is 7.11 Å². The van der Waals surface area contributed by atoms with Gasteiger partial charge in [-0.05, 0) is 37.0 Å². The van der Waals surface area contributed by atoms with Crippen molar-refractivity contribution in [2.24, 2.45) is 0 Å². The third-order valence-corrected chi connectivity index (χ3v) is 2.02. The molecule has 0 saturated heterocycles. The van der Waals surface area contributed by atoms with Crippen LogP contribution in [-0.2, 0) is 12.8 Å². The van der Waals surface area contributed by atoms with Crippen molar-refractivity contribution in [2.75, 3.05) is 7.11 Å². The quantitative estimate of drug-likeness (QED) is 0.665. The van der Waals surface area contributed by atoms with Crippen LogP contribution in [0.15, 0.2) is 18.2 Å². The molecule has 0 amide bonds. The Kier molecular flexibility index (Phi) is 3.15. The van der Waals surface area contributed by atoms with Gasteiger partial charge in [0.05, 0.1) is 7.11 Å². The van der Waals surface area contributed by atoms with Crippen molar-refractivity contribution in [3.8, 4) is 5.75 Å². The average molecular weight is 163 g/mol. The van der Waals surface area contributed by atoms with E-state index in [4.69, 9.17) is 4.74 Å². The average Bonchev–Trinajstić information content (AvgIpc) is 2.16. The van der Waals surface area contributed by atoms with E-state index in [2.05, 4.69) is 32.0 Å². The summed E-state index contributed by atoms with van der Waals surface area (Å²) in [6, 6.07) is 6.28. The minimum atomic E-state index is 0.820. The Morgan fingerprint density at radius 3 is 2.67 bits per heavy atom. The highest BCUT2D eigenvalue weighted by molar-refractivity contribution is 5.37. The molecule has 0 bridgehead atoms. The van der Waals surface area contributed by atoms with E-state index in [1.54, 1.807) is 7.11 Å². The summed E-state index contributed by atoms with van der Waals surface area (Å²) in [6.07, 6.45) is 1.83. The second-order valence-electron chi connectivity index (χ2n) is 2.75. The predicted molar refractivity (Wildman–Crippen MR) is 51.4 cm³/mol. The van der Waals surface area contributed by atoms with Crippen LogP contribution in [0.25, 0.3) is 0 Å². The standard InChI is InChI=1S/C11H15O/c1-4-9-6-7-10(5-2)11(8-9)12-3/h6-8H,1,4-5H2,2-3H3. The smallest absolute Gasteiger partial charge is 0.122 e. The molecule has 0 spiro atoms. The van der Waals surface area contributed by atoms with Crippen molar-refractivity contribution >= 4 is 0 Å². The molecule has 1 heteroatoms. The normalized spacial score (nSPS) is 9.92. The van der Waals surface area contributed by atoms with Gasteiger partial charge in [-0.25, -0.2) is 0 Å². The zero-order valence-electron chi connectivity index (χ0n) is 7.76. The molecule has 0 heterocycles. The monoisotopic (exact) mass is 163 g/mol. The summed E-state index contributed by atoms with van der Waals surface area (Å²) in [5, 5.41) is 0. The van der Waals surface area contributed by atoms with Gasteiger partial charge in [0.1, 0.15) is 5.75 Å². The van der Waals surface area contributed by atoms with Gasteiger partial charge in [0.2, 0.25) is 0 Å². The fourth-order valence-corrected chi connectivity index (χ4v) is 1.24. The fraction of sp³-hybridized carbons (Fsp3) is 0.364. The van der Waals surface area contributed by atoms with E-state index in [-0.39, 0.29) is 0 Å². The predicted octanol–water partition coefficient (Wildman–Crippen LogP) is 2.63. The highest BCUT2D eigenvalue weighted by Crippen LogP contribution is 2.20. The summed E-state index contributed by atoms with van der Waals surface area (Å²) in [5.74, 6) is 0.985. The van der Waals surface area contributed by atoms with E-state index >= 15 is 0 Å². The Balaban J connectivity index is 3.02. The highest BCUT2D eigenvalue weighted by atomic mass is 16.5. The molecule has 1 rings (SSSR count). The lowest BCUT2D eigenvalue weighted by Crippen LogP contribution is -1.92. The third kappa shape index (κ3) is 1.79. The number of rotatable bonds is 3. The molecule has 65 valence electrons. The maximum Gasteiger partial charge on any atom is 0.122 e. The lowest BCUT2D eigenvalue weighted by molar-refractivity contribution is 0.409. The van der Waals surface area contributed by atoms with Crippen LogP contribution in [0.1, 0.15) is 18.1 Å². The lowest BCUT2D eigenvalue weighted by atomic mass is 10.1. The molecule has 0 atom stereocenters. The van der Waals surface area contributed by atoms with Gasteiger partial charge in [-0.3, -0.25) is 0 Å². The van der Waals surface area contributed by atoms with Gasteiger partial charge in [0, 0.05) is 0 Å². The second kappa shape index (κ2) is 4.15. The first-order valence-electron chi connectivity index (χ1n) is 4.26. The van der Waals surface area contributed by atoms with Crippen LogP contribution in [0, 0.1) is 6.92 Å². The molecular formula is C11H15O. The van der Waals surface area contributed by atoms with Crippen LogP contribution < -0.4 is 4.74 Å². The summed E-state index contributed by atoms with van der Waals surface area (Å²) in [7, 11) is 1.71. The van der Waals surface area contributed by atoms with Crippen LogP contribution in [0.4, 0.5) is 0 Å². The molecule has 1 aromatic rings. The molecule has 0 aliphatic rings. The minimum Gasteiger partial charge on any atom is -0.496 e. The van der Waals surface area contributed by atoms with Crippen LogP contribution in [0.2, 0.25) is 0 Å². The van der Waals surface area contributed by atoms with E-state index in [0.717, 1.165) is 18.6 Å². The molecule has 0 fully saturated rings. The summed E-state index contributed by atoms with van der Waals surface area (Å²) >= 11 is 0. The van der Waals surface area contributed by atoms with Gasteiger partial charge < -0.3 is 4.74 Å². The Morgan fingerprint density at radius 2 is 2.17 bits per heavy atom. The molecule has 0 aliphatic heterocycles. The van der Waals surface area contributed by atoms with Crippen molar-refractivity contribution in [3.63, 3.8) is 0 Å². The topological polar surface area (TPSA) is 9.23 Å². The molecule has 0 aliphatic carbocycles. The van der Waals surface area contributed by atoms with Crippen molar-refractivity contribution in [1.29, 1.82) is 0 Å². The van der Waals surface area contributed by atoms with Crippen molar-refractivity contribution in [1.82, 2.24) is 0 Å². The molecule has 12 heavy (non-hydrogen) atoms. The molecule has 0 aromatic heterocycles. The van der Waals surface area contributed by atoms with Gasteiger partial charge >= 0.3 is 0 Å². The van der Waals surface area contributed by atoms with Gasteiger partial charge in [0.15, 0.2) is 0 Å². The summed E-state index contributed by atoms with van der Waals surface area (Å²) < 4.78 is 5.25. The first-order chi connectivity index (χ1) is 5.81. The van der Waals surface area contributed by atoms with Crippen LogP contribution >= 0.6 is 0 Å². The summed E-state index contributed by atoms with van der Waals surface area (Å²) in [4.78, 5) is 0. The third-order valence-electron chi connectivity index (χ3n) is 2.02. The minimum absolute atomic E-state index is 0.820. The zero-order chi connectivity index (χ0) is 8.97. The first kappa shape index (κ1) is 9.11. The molecule has 1 nitrogen and oxygen atoms in total. The maximum atomic E-state index is 5.25. The van der Waals surface area contributed by atoms with Gasteiger partial charge in [-0.15, -0.1) is 0 Å². The number of aryl methyl sites for hydroxylation is 1. The zero-order valence-corrected chi connectivity index (χ0v) is 7.76. The molecule has 0 N–H and O–H groups in total. The van der Waals surface area contributed by atoms with Crippen LogP contribution in [0.3, 0.4) is 0 Å². The van der Waals surface area contributed by atoms with Crippen molar-refractivity contribution in [2.45, 2.75) is 19.8 Å². The summed E-state index contributed by atoms with van der Waals surface area (Å²) in [6.45, 7) is 5.96. The van der Waals surface area contributed by atoms with Gasteiger partial charge in [-0.2, -0.15) is 0 Å². The fourth-order valence-electron chi connectivity index (χ4n) is 1.24. The second-order valence-corrected chi connectivity index (χ2v) is 2.75. The lowest BCUT2D eigenvalue weighted by Gasteiger charge is -2.07. The SMILES string of the molecule is [CH2]Cc1ccc(CC)c(OC)c1. The number of benzene rings is 1. The first-order valence-corrected chi connectivity index (χ1v) is 4.26. The Labute approximate surface area is 74.4 Å². The Bertz CT molecular complexity index is 253. The van der Waals surface area contributed by atoms with E-state index in [9.17, 15) is 0 Å². The number of hydrogen-bond acceptors (Lipinski definition) is 1. The van der Waals surface area contributed by atoms with E-state index in [1.165, 1.54) is 11.1 Å². The highest BCUT2D eigenvalue weighted by Gasteiger charge is 2.00. The maximum absolute atomic E-state index is 5.25. The molecular weight excluding hydrogens is 148 g/mol. The van der Waals surface area contributed by atoms with Gasteiger partial charge in [0.25, 0.3) is 0 Å². The number of ether oxygens (including phenoxy) is 1.